The standard InChI is InChI=1S/C24H31N5O3/c30-29(31)23-8-6-20(7-9-23)16-25-24(26-17-22-10-15-32-19-22)28-13-11-27(12-14-28)18-21-4-2-1-3-5-21/h1-9,22H,10-19H2,(H,25,26). The van der Waals surface area contributed by atoms with Crippen LogP contribution in [0.15, 0.2) is 59.6 Å². The minimum Gasteiger partial charge on any atom is -0.381 e. The molecular formula is C24H31N5O3. The zero-order chi connectivity index (χ0) is 22.2. The maximum Gasteiger partial charge on any atom is 0.269 e. The van der Waals surface area contributed by atoms with Crippen molar-refractivity contribution in [2.45, 2.75) is 19.5 Å². The smallest absolute Gasteiger partial charge is 0.269 e. The number of nitrogens with one attached hydrogen (secondary N) is 1. The maximum absolute atomic E-state index is 10.9. The van der Waals surface area contributed by atoms with Crippen molar-refractivity contribution < 1.29 is 9.66 Å². The molecule has 4 rings (SSSR count). The summed E-state index contributed by atoms with van der Waals surface area (Å²) in [6.45, 7) is 7.75. The first-order valence-electron chi connectivity index (χ1n) is 11.3. The highest BCUT2D eigenvalue weighted by molar-refractivity contribution is 5.80. The lowest BCUT2D eigenvalue weighted by molar-refractivity contribution is -0.384. The Morgan fingerprint density at radius 2 is 1.81 bits per heavy atom. The van der Waals surface area contributed by atoms with E-state index in [0.717, 1.165) is 70.4 Å². The van der Waals surface area contributed by atoms with Crippen LogP contribution in [-0.4, -0.2) is 66.6 Å². The van der Waals surface area contributed by atoms with Crippen molar-refractivity contribution in [3.8, 4) is 0 Å². The highest BCUT2D eigenvalue weighted by Crippen LogP contribution is 2.14. The van der Waals surface area contributed by atoms with Gasteiger partial charge in [0.05, 0.1) is 18.1 Å². The number of hydrogen-bond acceptors (Lipinski definition) is 5. The lowest BCUT2D eigenvalue weighted by atomic mass is 10.1. The Labute approximate surface area is 189 Å². The number of ether oxygens (including phenoxy) is 1. The second-order valence-corrected chi connectivity index (χ2v) is 8.42. The van der Waals surface area contributed by atoms with Crippen molar-refractivity contribution >= 4 is 11.6 Å². The Hall–Kier alpha value is -2.97. The van der Waals surface area contributed by atoms with Crippen LogP contribution in [-0.2, 0) is 17.8 Å². The summed E-state index contributed by atoms with van der Waals surface area (Å²) in [7, 11) is 0. The normalized spacial score (nSPS) is 19.8. The Balaban J connectivity index is 1.37. The average Bonchev–Trinajstić information content (AvgIpc) is 3.34. The van der Waals surface area contributed by atoms with Crippen molar-refractivity contribution in [3.05, 3.63) is 75.8 Å². The molecule has 0 saturated carbocycles. The first kappa shape index (κ1) is 22.2. The number of hydrogen-bond donors (Lipinski definition) is 1. The van der Waals surface area contributed by atoms with E-state index in [9.17, 15) is 10.1 Å². The number of aliphatic imine (C=N–C) groups is 1. The molecule has 0 amide bonds. The van der Waals surface area contributed by atoms with Crippen LogP contribution in [0.1, 0.15) is 17.5 Å². The molecule has 1 N–H and O–H groups in total. The molecular weight excluding hydrogens is 406 g/mol. The van der Waals surface area contributed by atoms with Crippen LogP contribution in [0.5, 0.6) is 0 Å². The molecule has 0 aromatic heterocycles. The molecule has 32 heavy (non-hydrogen) atoms. The molecule has 0 spiro atoms. The van der Waals surface area contributed by atoms with Crippen molar-refractivity contribution in [1.82, 2.24) is 15.1 Å². The molecule has 2 aromatic rings. The Bertz CT molecular complexity index is 890. The molecule has 170 valence electrons. The van der Waals surface area contributed by atoms with Crippen molar-refractivity contribution in [2.75, 3.05) is 45.9 Å². The summed E-state index contributed by atoms with van der Waals surface area (Å²) in [5, 5.41) is 14.4. The largest absolute Gasteiger partial charge is 0.381 e. The fourth-order valence-corrected chi connectivity index (χ4v) is 4.10. The van der Waals surface area contributed by atoms with E-state index in [0.29, 0.717) is 12.5 Å². The summed E-state index contributed by atoms with van der Waals surface area (Å²) in [6, 6.07) is 17.2. The van der Waals surface area contributed by atoms with Crippen LogP contribution in [0.4, 0.5) is 5.69 Å². The SMILES string of the molecule is O=[N+]([O-])c1ccc(CN=C(NCC2CCOC2)N2CCN(Cc3ccccc3)CC2)cc1. The van der Waals surface area contributed by atoms with Gasteiger partial charge in [-0.1, -0.05) is 42.5 Å². The fourth-order valence-electron chi connectivity index (χ4n) is 4.10. The minimum atomic E-state index is -0.376. The predicted molar refractivity (Wildman–Crippen MR) is 124 cm³/mol. The predicted octanol–water partition coefficient (Wildman–Crippen LogP) is 2.89. The quantitative estimate of drug-likeness (QED) is 0.310. The van der Waals surface area contributed by atoms with E-state index in [4.69, 9.17) is 9.73 Å². The summed E-state index contributed by atoms with van der Waals surface area (Å²) in [5.41, 5.74) is 2.40. The van der Waals surface area contributed by atoms with E-state index < -0.39 is 0 Å². The Morgan fingerprint density at radius 3 is 2.47 bits per heavy atom. The van der Waals surface area contributed by atoms with E-state index in [1.807, 2.05) is 0 Å². The first-order valence-corrected chi connectivity index (χ1v) is 11.3. The van der Waals surface area contributed by atoms with Gasteiger partial charge in [-0.3, -0.25) is 15.0 Å². The molecule has 2 saturated heterocycles. The number of rotatable bonds is 7. The number of nitro groups is 1. The number of piperazine rings is 1. The van der Waals surface area contributed by atoms with Gasteiger partial charge in [0.2, 0.25) is 0 Å². The molecule has 2 fully saturated rings. The van der Waals surface area contributed by atoms with Gasteiger partial charge in [-0.15, -0.1) is 0 Å². The summed E-state index contributed by atoms with van der Waals surface area (Å²) in [4.78, 5) is 20.2. The van der Waals surface area contributed by atoms with Crippen LogP contribution >= 0.6 is 0 Å². The molecule has 2 aliphatic heterocycles. The summed E-state index contributed by atoms with van der Waals surface area (Å²) >= 11 is 0. The second kappa shape index (κ2) is 11.1. The number of nitro benzene ring substituents is 1. The molecule has 2 heterocycles. The zero-order valence-electron chi connectivity index (χ0n) is 18.4. The average molecular weight is 438 g/mol. The third-order valence-corrected chi connectivity index (χ3v) is 6.05. The lowest BCUT2D eigenvalue weighted by Gasteiger charge is -2.37. The summed E-state index contributed by atoms with van der Waals surface area (Å²) < 4.78 is 5.51. The topological polar surface area (TPSA) is 83.2 Å². The van der Waals surface area contributed by atoms with Gasteiger partial charge in [0.25, 0.3) is 5.69 Å². The number of guanidine groups is 1. The van der Waals surface area contributed by atoms with Gasteiger partial charge in [0, 0.05) is 63.9 Å². The molecule has 1 atom stereocenters. The molecule has 8 nitrogen and oxygen atoms in total. The molecule has 8 heteroatoms. The third-order valence-electron chi connectivity index (χ3n) is 6.05. The second-order valence-electron chi connectivity index (χ2n) is 8.42. The van der Waals surface area contributed by atoms with Crippen LogP contribution in [0.25, 0.3) is 0 Å². The van der Waals surface area contributed by atoms with Gasteiger partial charge >= 0.3 is 0 Å². The maximum atomic E-state index is 10.9. The highest BCUT2D eigenvalue weighted by Gasteiger charge is 2.22. The number of nitrogens with zero attached hydrogens (tertiary/aromatic N) is 4. The zero-order valence-corrected chi connectivity index (χ0v) is 18.4. The van der Waals surface area contributed by atoms with Crippen molar-refractivity contribution in [1.29, 1.82) is 0 Å². The van der Waals surface area contributed by atoms with Crippen molar-refractivity contribution in [3.63, 3.8) is 0 Å². The van der Waals surface area contributed by atoms with E-state index in [-0.39, 0.29) is 10.6 Å². The van der Waals surface area contributed by atoms with Crippen LogP contribution in [0.3, 0.4) is 0 Å². The van der Waals surface area contributed by atoms with Gasteiger partial charge in [0.1, 0.15) is 0 Å². The van der Waals surface area contributed by atoms with E-state index in [1.54, 1.807) is 12.1 Å². The monoisotopic (exact) mass is 437 g/mol. The third kappa shape index (κ3) is 6.27. The fraction of sp³-hybridized carbons (Fsp3) is 0.458. The lowest BCUT2D eigenvalue weighted by Crippen LogP contribution is -2.52. The van der Waals surface area contributed by atoms with Gasteiger partial charge in [-0.25, -0.2) is 4.99 Å². The molecule has 0 aliphatic carbocycles. The van der Waals surface area contributed by atoms with Gasteiger partial charge in [0.15, 0.2) is 5.96 Å². The van der Waals surface area contributed by atoms with E-state index in [1.165, 1.54) is 17.7 Å². The number of non-ortho nitro benzene ring substituents is 1. The number of benzene rings is 2. The first-order chi connectivity index (χ1) is 15.7. The summed E-state index contributed by atoms with van der Waals surface area (Å²) in [5.74, 6) is 1.42. The van der Waals surface area contributed by atoms with Crippen molar-refractivity contribution in [2.24, 2.45) is 10.9 Å². The van der Waals surface area contributed by atoms with Gasteiger partial charge in [-0.2, -0.15) is 0 Å². The van der Waals surface area contributed by atoms with E-state index in [2.05, 4.69) is 45.4 Å². The molecule has 0 bridgehead atoms. The minimum absolute atomic E-state index is 0.104. The summed E-state index contributed by atoms with van der Waals surface area (Å²) in [6.07, 6.45) is 1.08. The Morgan fingerprint density at radius 1 is 1.06 bits per heavy atom. The van der Waals surface area contributed by atoms with E-state index >= 15 is 0 Å². The van der Waals surface area contributed by atoms with Crippen LogP contribution in [0, 0.1) is 16.0 Å². The molecule has 1 unspecified atom stereocenters. The van der Waals surface area contributed by atoms with Crippen LogP contribution < -0.4 is 5.32 Å². The molecule has 0 radical (unpaired) electrons. The van der Waals surface area contributed by atoms with Crippen LogP contribution in [0.2, 0.25) is 0 Å². The highest BCUT2D eigenvalue weighted by atomic mass is 16.6. The molecule has 2 aliphatic rings. The van der Waals surface area contributed by atoms with Gasteiger partial charge < -0.3 is 15.0 Å². The Kier molecular flexibility index (Phi) is 7.68. The van der Waals surface area contributed by atoms with Gasteiger partial charge in [-0.05, 0) is 17.5 Å². The molecule has 2 aromatic carbocycles.